The van der Waals surface area contributed by atoms with Crippen LogP contribution in [0.15, 0.2) is 49.1 Å². The molecule has 0 aliphatic heterocycles. The molecule has 0 spiro atoms. The van der Waals surface area contributed by atoms with E-state index in [0.29, 0.717) is 17.9 Å². The number of pyridine rings is 1. The van der Waals surface area contributed by atoms with Crippen LogP contribution < -0.4 is 10.6 Å². The van der Waals surface area contributed by atoms with Crippen LogP contribution in [0.4, 0.5) is 19.0 Å². The Morgan fingerprint density at radius 3 is 2.67 bits per heavy atom. The molecule has 0 aliphatic rings. The minimum atomic E-state index is -4.39. The van der Waals surface area contributed by atoms with Gasteiger partial charge in [0.05, 0.1) is 11.9 Å². The van der Waals surface area contributed by atoms with E-state index in [2.05, 4.69) is 20.6 Å². The number of nitrogens with one attached hydrogen (secondary N) is 2. The molecule has 158 valence electrons. The van der Waals surface area contributed by atoms with Gasteiger partial charge in [0.2, 0.25) is 0 Å². The van der Waals surface area contributed by atoms with Crippen molar-refractivity contribution in [2.75, 3.05) is 12.4 Å². The average Bonchev–Trinajstić information content (AvgIpc) is 3.14. The van der Waals surface area contributed by atoms with Gasteiger partial charge in [-0.25, -0.2) is 4.98 Å². The summed E-state index contributed by atoms with van der Waals surface area (Å²) in [5.41, 5.74) is 2.11. The molecule has 2 heterocycles. The topological polar surface area (TPSA) is 71.8 Å². The van der Waals surface area contributed by atoms with Crippen LogP contribution >= 0.6 is 0 Å². The highest BCUT2D eigenvalue weighted by Crippen LogP contribution is 2.29. The number of halogens is 3. The van der Waals surface area contributed by atoms with E-state index in [4.69, 9.17) is 0 Å². The van der Waals surface area contributed by atoms with Gasteiger partial charge >= 0.3 is 6.18 Å². The van der Waals surface area contributed by atoms with Crippen LogP contribution in [0.3, 0.4) is 0 Å². The van der Waals surface area contributed by atoms with Gasteiger partial charge in [-0.3, -0.25) is 9.78 Å². The second-order valence-electron chi connectivity index (χ2n) is 6.81. The van der Waals surface area contributed by atoms with E-state index in [1.54, 1.807) is 29.1 Å². The van der Waals surface area contributed by atoms with Gasteiger partial charge in [0, 0.05) is 25.5 Å². The molecule has 6 nitrogen and oxygen atoms in total. The number of anilines is 1. The smallest absolute Gasteiger partial charge is 0.331 e. The molecule has 0 saturated heterocycles. The Labute approximate surface area is 172 Å². The average molecular weight is 417 g/mol. The van der Waals surface area contributed by atoms with E-state index in [1.165, 1.54) is 12.4 Å². The summed E-state index contributed by atoms with van der Waals surface area (Å²) < 4.78 is 40.2. The van der Waals surface area contributed by atoms with Gasteiger partial charge in [0.15, 0.2) is 5.82 Å². The fraction of sp³-hybridized carbons (Fsp3) is 0.286. The molecule has 0 bridgehead atoms. The fourth-order valence-corrected chi connectivity index (χ4v) is 3.08. The van der Waals surface area contributed by atoms with Crippen LogP contribution in [-0.2, 0) is 25.7 Å². The van der Waals surface area contributed by atoms with Gasteiger partial charge < -0.3 is 15.2 Å². The summed E-state index contributed by atoms with van der Waals surface area (Å²) in [4.78, 5) is 20.8. The van der Waals surface area contributed by atoms with Gasteiger partial charge in [-0.15, -0.1) is 0 Å². The number of aryl methyl sites for hydroxylation is 1. The number of carbonyl (C=O) groups excluding carboxylic acids is 1. The molecular formula is C21H22F3N5O. The van der Waals surface area contributed by atoms with E-state index >= 15 is 0 Å². The van der Waals surface area contributed by atoms with E-state index in [1.807, 2.05) is 14.0 Å². The SMILES string of the molecule is CCc1cc(C(=O)Nc2cn(Cc3cccc(C(F)(F)F)c3)cn2)ncc1CNC. The van der Waals surface area contributed by atoms with Crippen molar-refractivity contribution < 1.29 is 18.0 Å². The molecule has 30 heavy (non-hydrogen) atoms. The Morgan fingerprint density at radius 2 is 1.97 bits per heavy atom. The summed E-state index contributed by atoms with van der Waals surface area (Å²) >= 11 is 0. The second-order valence-corrected chi connectivity index (χ2v) is 6.81. The van der Waals surface area contributed by atoms with Gasteiger partial charge in [-0.1, -0.05) is 19.1 Å². The number of carbonyl (C=O) groups is 1. The van der Waals surface area contributed by atoms with Crippen LogP contribution in [-0.4, -0.2) is 27.5 Å². The molecule has 2 N–H and O–H groups in total. The van der Waals surface area contributed by atoms with E-state index in [9.17, 15) is 18.0 Å². The van der Waals surface area contributed by atoms with Crippen LogP contribution in [0.5, 0.6) is 0 Å². The number of hydrogen-bond donors (Lipinski definition) is 2. The summed E-state index contributed by atoms with van der Waals surface area (Å²) in [5.74, 6) is -0.101. The second kappa shape index (κ2) is 9.08. The molecule has 1 amide bonds. The molecule has 9 heteroatoms. The normalized spacial score (nSPS) is 11.5. The van der Waals surface area contributed by atoms with Crippen LogP contribution in [0.2, 0.25) is 0 Å². The third-order valence-electron chi connectivity index (χ3n) is 4.56. The van der Waals surface area contributed by atoms with Crippen molar-refractivity contribution >= 4 is 11.7 Å². The Kier molecular flexibility index (Phi) is 6.51. The van der Waals surface area contributed by atoms with Crippen molar-refractivity contribution in [2.24, 2.45) is 0 Å². The summed E-state index contributed by atoms with van der Waals surface area (Å²) in [5, 5.41) is 5.74. The Morgan fingerprint density at radius 1 is 1.17 bits per heavy atom. The molecular weight excluding hydrogens is 395 g/mol. The Hall–Kier alpha value is -3.20. The standard InChI is InChI=1S/C21H22F3N5O/c1-3-15-8-18(26-10-16(15)9-25-2)20(30)28-19-12-29(13-27-19)11-14-5-4-6-17(7-14)21(22,23)24/h4-8,10,12-13,25H,3,9,11H2,1-2H3,(H,28,30). The highest BCUT2D eigenvalue weighted by Gasteiger charge is 2.30. The molecule has 0 fully saturated rings. The first-order chi connectivity index (χ1) is 14.3. The zero-order valence-electron chi connectivity index (χ0n) is 16.6. The summed E-state index contributed by atoms with van der Waals surface area (Å²) in [6.07, 6.45) is 1.07. The first-order valence-corrected chi connectivity index (χ1v) is 9.41. The Balaban J connectivity index is 1.69. The predicted octanol–water partition coefficient (Wildman–Crippen LogP) is 3.88. The summed E-state index contributed by atoms with van der Waals surface area (Å²) in [7, 11) is 1.84. The molecule has 3 aromatic rings. The van der Waals surface area contributed by atoms with Gasteiger partial charge in [-0.2, -0.15) is 13.2 Å². The third-order valence-corrected chi connectivity index (χ3v) is 4.56. The van der Waals surface area contributed by atoms with Crippen molar-refractivity contribution in [3.05, 3.63) is 77.0 Å². The summed E-state index contributed by atoms with van der Waals surface area (Å²) in [6, 6.07) is 6.86. The van der Waals surface area contributed by atoms with E-state index < -0.39 is 17.6 Å². The number of benzene rings is 1. The molecule has 1 aromatic carbocycles. The maximum absolute atomic E-state index is 12.9. The lowest BCUT2D eigenvalue weighted by atomic mass is 10.1. The van der Waals surface area contributed by atoms with Crippen molar-refractivity contribution in [2.45, 2.75) is 32.6 Å². The minimum absolute atomic E-state index is 0.198. The maximum atomic E-state index is 12.9. The highest BCUT2D eigenvalue weighted by atomic mass is 19.4. The van der Waals surface area contributed by atoms with E-state index in [-0.39, 0.29) is 12.2 Å². The van der Waals surface area contributed by atoms with Crippen LogP contribution in [0.25, 0.3) is 0 Å². The molecule has 0 atom stereocenters. The molecule has 0 radical (unpaired) electrons. The molecule has 0 saturated carbocycles. The fourth-order valence-electron chi connectivity index (χ4n) is 3.08. The molecule has 3 rings (SSSR count). The number of alkyl halides is 3. The molecule has 0 unspecified atom stereocenters. The lowest BCUT2D eigenvalue weighted by Crippen LogP contribution is -2.16. The van der Waals surface area contributed by atoms with Gasteiger partial charge in [0.25, 0.3) is 5.91 Å². The van der Waals surface area contributed by atoms with Gasteiger partial charge in [-0.05, 0) is 48.4 Å². The van der Waals surface area contributed by atoms with E-state index in [0.717, 1.165) is 29.7 Å². The third kappa shape index (κ3) is 5.24. The zero-order chi connectivity index (χ0) is 21.7. The largest absolute Gasteiger partial charge is 0.416 e. The molecule has 2 aromatic heterocycles. The zero-order valence-corrected chi connectivity index (χ0v) is 16.6. The quantitative estimate of drug-likeness (QED) is 0.612. The predicted molar refractivity (Wildman–Crippen MR) is 107 cm³/mol. The number of aromatic nitrogens is 3. The number of hydrogen-bond acceptors (Lipinski definition) is 4. The first-order valence-electron chi connectivity index (χ1n) is 9.41. The lowest BCUT2D eigenvalue weighted by molar-refractivity contribution is -0.137. The number of rotatable bonds is 7. The number of imidazole rings is 1. The van der Waals surface area contributed by atoms with Gasteiger partial charge in [0.1, 0.15) is 5.69 Å². The van der Waals surface area contributed by atoms with Crippen LogP contribution in [0, 0.1) is 0 Å². The van der Waals surface area contributed by atoms with Crippen LogP contribution in [0.1, 0.15) is 39.7 Å². The number of nitrogens with zero attached hydrogens (tertiary/aromatic N) is 3. The maximum Gasteiger partial charge on any atom is 0.416 e. The minimum Gasteiger partial charge on any atom is -0.331 e. The molecule has 0 aliphatic carbocycles. The highest BCUT2D eigenvalue weighted by molar-refractivity contribution is 6.02. The monoisotopic (exact) mass is 417 g/mol. The Bertz CT molecular complexity index is 1030. The van der Waals surface area contributed by atoms with Crippen molar-refractivity contribution in [3.8, 4) is 0 Å². The van der Waals surface area contributed by atoms with Crippen molar-refractivity contribution in [3.63, 3.8) is 0 Å². The first kappa shape index (κ1) is 21.5. The lowest BCUT2D eigenvalue weighted by Gasteiger charge is -2.09. The van der Waals surface area contributed by atoms with Crippen molar-refractivity contribution in [1.29, 1.82) is 0 Å². The number of amides is 1. The van der Waals surface area contributed by atoms with Crippen molar-refractivity contribution in [1.82, 2.24) is 19.9 Å². The summed E-state index contributed by atoms with van der Waals surface area (Å²) in [6.45, 7) is 2.87.